The largest absolute Gasteiger partial charge is 0.481 e. The fourth-order valence-electron chi connectivity index (χ4n) is 1.22. The van der Waals surface area contributed by atoms with Crippen LogP contribution in [0.2, 0.25) is 0 Å². The molecule has 88 valence electrons. The van der Waals surface area contributed by atoms with Crippen LogP contribution in [0, 0.1) is 0 Å². The molecule has 1 rings (SSSR count). The molecule has 0 aromatic heterocycles. The lowest BCUT2D eigenvalue weighted by atomic mass is 10.2. The van der Waals surface area contributed by atoms with E-state index in [2.05, 4.69) is 4.99 Å². The molecule has 1 aliphatic heterocycles. The van der Waals surface area contributed by atoms with Gasteiger partial charge in [0.25, 0.3) is 0 Å². The number of aliphatic imine (C=N–C) groups is 1. The van der Waals surface area contributed by atoms with Gasteiger partial charge in [-0.25, -0.2) is 0 Å². The number of nitrogens with zero attached hydrogens (tertiary/aromatic N) is 1. The molecule has 3 N–H and O–H groups in total. The van der Waals surface area contributed by atoms with Crippen molar-refractivity contribution in [3.63, 3.8) is 0 Å². The molecule has 0 amide bonds. The van der Waals surface area contributed by atoms with Crippen LogP contribution < -0.4 is 5.73 Å². The van der Waals surface area contributed by atoms with Gasteiger partial charge in [0.05, 0.1) is 5.84 Å². The molecule has 4 heteroatoms. The van der Waals surface area contributed by atoms with E-state index in [0.717, 1.165) is 31.6 Å². The normalized spacial score (nSPS) is 15.7. The van der Waals surface area contributed by atoms with Crippen LogP contribution in [0.1, 0.15) is 51.9 Å². The highest BCUT2D eigenvalue weighted by Gasteiger charge is 1.97. The third-order valence-corrected chi connectivity index (χ3v) is 2.15. The van der Waals surface area contributed by atoms with Gasteiger partial charge in [0.1, 0.15) is 0 Å². The molecule has 0 fully saturated rings. The number of unbranched alkanes of at least 4 members (excludes halogenated alkanes) is 1. The van der Waals surface area contributed by atoms with Gasteiger partial charge in [0, 0.05) is 19.4 Å². The van der Waals surface area contributed by atoms with E-state index in [0.29, 0.717) is 6.42 Å². The predicted molar refractivity (Wildman–Crippen MR) is 62.1 cm³/mol. The van der Waals surface area contributed by atoms with E-state index in [1.165, 1.54) is 19.3 Å². The Morgan fingerprint density at radius 2 is 2.20 bits per heavy atom. The number of hydrogen-bond donors (Lipinski definition) is 2. The lowest BCUT2D eigenvalue weighted by Crippen LogP contribution is -2.09. The van der Waals surface area contributed by atoms with Crippen molar-refractivity contribution in [3.8, 4) is 0 Å². The van der Waals surface area contributed by atoms with Crippen molar-refractivity contribution in [2.45, 2.75) is 51.9 Å². The van der Waals surface area contributed by atoms with Gasteiger partial charge < -0.3 is 10.8 Å². The number of carbonyl (C=O) groups is 1. The third-order valence-electron chi connectivity index (χ3n) is 2.15. The summed E-state index contributed by atoms with van der Waals surface area (Å²) in [5, 5.41) is 8.04. The minimum absolute atomic E-state index is 0.316. The molecule has 0 aliphatic carbocycles. The standard InChI is InChI=1S/C6H12N2.C5H10O2/c7-6-4-2-1-3-5-8-6;1-2-3-4-5(6)7/h1-5H2,(H2,7,8);2-4H2,1H3,(H,6,7). The van der Waals surface area contributed by atoms with E-state index < -0.39 is 5.97 Å². The van der Waals surface area contributed by atoms with Gasteiger partial charge in [0.2, 0.25) is 0 Å². The summed E-state index contributed by atoms with van der Waals surface area (Å²) in [6, 6.07) is 0. The fraction of sp³-hybridized carbons (Fsp3) is 0.818. The molecule has 0 saturated carbocycles. The van der Waals surface area contributed by atoms with Crippen LogP contribution in [0.5, 0.6) is 0 Å². The number of carboxylic acid groups (broad SMARTS) is 1. The first-order chi connectivity index (χ1) is 7.16. The number of rotatable bonds is 3. The maximum atomic E-state index is 9.76. The molecule has 0 atom stereocenters. The molecule has 0 aromatic rings. The summed E-state index contributed by atoms with van der Waals surface area (Å²) in [5.41, 5.74) is 5.48. The molecule has 0 unspecified atom stereocenters. The minimum Gasteiger partial charge on any atom is -0.481 e. The van der Waals surface area contributed by atoms with Gasteiger partial charge >= 0.3 is 5.97 Å². The molecule has 4 nitrogen and oxygen atoms in total. The summed E-state index contributed by atoms with van der Waals surface area (Å²) in [7, 11) is 0. The van der Waals surface area contributed by atoms with Gasteiger partial charge in [0.15, 0.2) is 0 Å². The monoisotopic (exact) mass is 214 g/mol. The molecule has 1 aliphatic rings. The Kier molecular flexibility index (Phi) is 8.82. The predicted octanol–water partition coefficient (Wildman–Crippen LogP) is 2.18. The van der Waals surface area contributed by atoms with Crippen LogP contribution in [0.25, 0.3) is 0 Å². The van der Waals surface area contributed by atoms with Gasteiger partial charge in [-0.1, -0.05) is 19.8 Å². The van der Waals surface area contributed by atoms with Crippen molar-refractivity contribution >= 4 is 11.8 Å². The van der Waals surface area contributed by atoms with Crippen LogP contribution in [-0.2, 0) is 4.79 Å². The number of hydrogen-bond acceptors (Lipinski definition) is 3. The molecule has 0 aromatic carbocycles. The number of nitrogens with two attached hydrogens (primary N) is 1. The zero-order valence-electron chi connectivity index (χ0n) is 9.54. The minimum atomic E-state index is -0.693. The summed E-state index contributed by atoms with van der Waals surface area (Å²) < 4.78 is 0. The number of amidine groups is 1. The average Bonchev–Trinajstić information content (AvgIpc) is 2.43. The first-order valence-electron chi connectivity index (χ1n) is 5.67. The Morgan fingerprint density at radius 1 is 1.47 bits per heavy atom. The second-order valence-electron chi connectivity index (χ2n) is 3.68. The highest BCUT2D eigenvalue weighted by atomic mass is 16.4. The number of aliphatic carboxylic acids is 1. The molecule has 0 saturated heterocycles. The Morgan fingerprint density at radius 3 is 2.73 bits per heavy atom. The smallest absolute Gasteiger partial charge is 0.303 e. The Hall–Kier alpha value is -1.06. The van der Waals surface area contributed by atoms with E-state index >= 15 is 0 Å². The second-order valence-corrected chi connectivity index (χ2v) is 3.68. The van der Waals surface area contributed by atoms with Crippen molar-refractivity contribution in [1.29, 1.82) is 0 Å². The molecular weight excluding hydrogens is 192 g/mol. The summed E-state index contributed by atoms with van der Waals surface area (Å²) in [4.78, 5) is 13.9. The average molecular weight is 214 g/mol. The van der Waals surface area contributed by atoms with Crippen LogP contribution in [0.3, 0.4) is 0 Å². The highest BCUT2D eigenvalue weighted by molar-refractivity contribution is 5.80. The highest BCUT2D eigenvalue weighted by Crippen LogP contribution is 2.04. The van der Waals surface area contributed by atoms with E-state index in [4.69, 9.17) is 10.8 Å². The maximum Gasteiger partial charge on any atom is 0.303 e. The molecular formula is C11H22N2O2. The van der Waals surface area contributed by atoms with Crippen LogP contribution in [0.15, 0.2) is 4.99 Å². The first-order valence-corrected chi connectivity index (χ1v) is 5.67. The zero-order valence-corrected chi connectivity index (χ0v) is 9.54. The van der Waals surface area contributed by atoms with E-state index in [1.54, 1.807) is 0 Å². The summed E-state index contributed by atoms with van der Waals surface area (Å²) in [6.45, 7) is 2.93. The first kappa shape index (κ1) is 13.9. The fourth-order valence-corrected chi connectivity index (χ4v) is 1.22. The van der Waals surface area contributed by atoms with E-state index in [1.807, 2.05) is 6.92 Å². The molecule has 0 radical (unpaired) electrons. The third kappa shape index (κ3) is 10.9. The Labute approximate surface area is 91.6 Å². The van der Waals surface area contributed by atoms with Crippen molar-refractivity contribution in [2.24, 2.45) is 10.7 Å². The second kappa shape index (κ2) is 9.49. The van der Waals surface area contributed by atoms with Crippen LogP contribution in [0.4, 0.5) is 0 Å². The molecule has 1 heterocycles. The molecule has 0 bridgehead atoms. The van der Waals surface area contributed by atoms with Gasteiger partial charge in [-0.2, -0.15) is 0 Å². The lowest BCUT2D eigenvalue weighted by Gasteiger charge is -1.90. The van der Waals surface area contributed by atoms with Crippen LogP contribution >= 0.6 is 0 Å². The van der Waals surface area contributed by atoms with Gasteiger partial charge in [-0.3, -0.25) is 9.79 Å². The van der Waals surface area contributed by atoms with E-state index in [9.17, 15) is 4.79 Å². The summed E-state index contributed by atoms with van der Waals surface area (Å²) >= 11 is 0. The van der Waals surface area contributed by atoms with Crippen molar-refractivity contribution in [2.75, 3.05) is 6.54 Å². The molecule has 15 heavy (non-hydrogen) atoms. The topological polar surface area (TPSA) is 75.7 Å². The summed E-state index contributed by atoms with van der Waals surface area (Å²) in [6.07, 6.45) is 6.85. The number of carboxylic acids is 1. The molecule has 0 spiro atoms. The SMILES string of the molecule is CCCCC(=O)O.NC1=NCCCCC1. The maximum absolute atomic E-state index is 9.76. The lowest BCUT2D eigenvalue weighted by molar-refractivity contribution is -0.137. The van der Waals surface area contributed by atoms with Crippen molar-refractivity contribution in [3.05, 3.63) is 0 Å². The van der Waals surface area contributed by atoms with Crippen LogP contribution in [-0.4, -0.2) is 23.5 Å². The summed E-state index contributed by atoms with van der Waals surface area (Å²) in [5.74, 6) is 0.157. The van der Waals surface area contributed by atoms with Crippen molar-refractivity contribution < 1.29 is 9.90 Å². The van der Waals surface area contributed by atoms with E-state index in [-0.39, 0.29) is 0 Å². The van der Waals surface area contributed by atoms with Crippen molar-refractivity contribution in [1.82, 2.24) is 0 Å². The Bertz CT molecular complexity index is 203. The quantitative estimate of drug-likeness (QED) is 0.756. The zero-order chi connectivity index (χ0) is 11.5. The van der Waals surface area contributed by atoms with Gasteiger partial charge in [-0.05, 0) is 19.3 Å². The Balaban J connectivity index is 0.000000265. The van der Waals surface area contributed by atoms with Gasteiger partial charge in [-0.15, -0.1) is 0 Å².